The molecule has 17 heavy (non-hydrogen) atoms. The number of esters is 1. The lowest BCUT2D eigenvalue weighted by Crippen LogP contribution is -2.07. The Balaban J connectivity index is 3.45. The Morgan fingerprint density at radius 3 is 2.53 bits per heavy atom. The van der Waals surface area contributed by atoms with Gasteiger partial charge in [-0.2, -0.15) is 0 Å². The maximum Gasteiger partial charge on any atom is 0.345 e. The molecule has 6 nitrogen and oxygen atoms in total. The first-order valence-electron chi connectivity index (χ1n) is 4.54. The minimum absolute atomic E-state index is 0.0471. The Bertz CT molecular complexity index is 460. The van der Waals surface area contributed by atoms with Gasteiger partial charge in [-0.15, -0.1) is 11.6 Å². The fraction of sp³-hybridized carbons (Fsp3) is 0.300. The summed E-state index contributed by atoms with van der Waals surface area (Å²) < 4.78 is 9.46. The molecule has 7 heteroatoms. The summed E-state index contributed by atoms with van der Waals surface area (Å²) in [6.45, 7) is 0. The Morgan fingerprint density at radius 1 is 1.47 bits per heavy atom. The lowest BCUT2D eigenvalue weighted by atomic mass is 10.1. The van der Waals surface area contributed by atoms with Crippen molar-refractivity contribution in [3.8, 4) is 5.75 Å². The molecule has 0 aliphatic carbocycles. The van der Waals surface area contributed by atoms with Crippen LogP contribution in [0, 0.1) is 10.1 Å². The highest BCUT2D eigenvalue weighted by atomic mass is 35.5. The van der Waals surface area contributed by atoms with Gasteiger partial charge in [0, 0.05) is 17.7 Å². The van der Waals surface area contributed by atoms with Gasteiger partial charge >= 0.3 is 5.97 Å². The highest BCUT2D eigenvalue weighted by molar-refractivity contribution is 6.17. The van der Waals surface area contributed by atoms with Crippen molar-refractivity contribution in [1.82, 2.24) is 0 Å². The summed E-state index contributed by atoms with van der Waals surface area (Å²) in [4.78, 5) is 21.6. The van der Waals surface area contributed by atoms with Crippen molar-refractivity contribution in [2.75, 3.05) is 14.2 Å². The summed E-state index contributed by atoms with van der Waals surface area (Å²) >= 11 is 5.63. The summed E-state index contributed by atoms with van der Waals surface area (Å²) in [5.41, 5.74) is -0.0787. The zero-order valence-electron chi connectivity index (χ0n) is 9.23. The molecule has 0 aliphatic heterocycles. The average molecular weight is 260 g/mol. The molecule has 1 aromatic rings. The van der Waals surface area contributed by atoms with Gasteiger partial charge in [0.25, 0.3) is 5.69 Å². The molecule has 0 spiro atoms. The molecule has 92 valence electrons. The van der Waals surface area contributed by atoms with Gasteiger partial charge < -0.3 is 9.47 Å². The van der Waals surface area contributed by atoms with Gasteiger partial charge in [0.15, 0.2) is 0 Å². The van der Waals surface area contributed by atoms with Crippen LogP contribution in [-0.4, -0.2) is 25.1 Å². The van der Waals surface area contributed by atoms with Crippen molar-refractivity contribution in [3.05, 3.63) is 33.4 Å². The lowest BCUT2D eigenvalue weighted by molar-refractivity contribution is -0.385. The molecule has 0 aliphatic rings. The third-order valence-electron chi connectivity index (χ3n) is 2.14. The third-order valence-corrected chi connectivity index (χ3v) is 2.43. The number of rotatable bonds is 4. The lowest BCUT2D eigenvalue weighted by Gasteiger charge is -2.08. The largest absolute Gasteiger partial charge is 0.496 e. The van der Waals surface area contributed by atoms with Crippen molar-refractivity contribution >= 4 is 23.3 Å². The fourth-order valence-electron chi connectivity index (χ4n) is 1.33. The topological polar surface area (TPSA) is 78.7 Å². The molecule has 0 atom stereocenters. The van der Waals surface area contributed by atoms with Crippen LogP contribution in [-0.2, 0) is 10.6 Å². The summed E-state index contributed by atoms with van der Waals surface area (Å²) in [5, 5.41) is 10.8. The van der Waals surface area contributed by atoms with Crippen LogP contribution >= 0.6 is 11.6 Å². The average Bonchev–Trinajstić information content (AvgIpc) is 2.35. The van der Waals surface area contributed by atoms with Crippen LogP contribution in [0.5, 0.6) is 5.75 Å². The van der Waals surface area contributed by atoms with Crippen molar-refractivity contribution in [3.63, 3.8) is 0 Å². The minimum atomic E-state index is -0.795. The summed E-state index contributed by atoms with van der Waals surface area (Å²) in [6, 6.07) is 2.46. The molecular weight excluding hydrogens is 250 g/mol. The van der Waals surface area contributed by atoms with E-state index in [1.54, 1.807) is 0 Å². The number of nitrogens with zero attached hydrogens (tertiary/aromatic N) is 1. The van der Waals surface area contributed by atoms with E-state index in [2.05, 4.69) is 4.74 Å². The van der Waals surface area contributed by atoms with Gasteiger partial charge in [-0.3, -0.25) is 10.1 Å². The van der Waals surface area contributed by atoms with Crippen LogP contribution in [0.1, 0.15) is 15.9 Å². The highest BCUT2D eigenvalue weighted by Crippen LogP contribution is 2.30. The number of carbonyl (C=O) groups excluding carboxylic acids is 1. The van der Waals surface area contributed by atoms with Crippen LogP contribution in [0.3, 0.4) is 0 Å². The monoisotopic (exact) mass is 259 g/mol. The Kier molecular flexibility index (Phi) is 4.28. The highest BCUT2D eigenvalue weighted by Gasteiger charge is 2.24. The van der Waals surface area contributed by atoms with E-state index in [-0.39, 0.29) is 17.1 Å². The minimum Gasteiger partial charge on any atom is -0.496 e. The molecule has 0 aromatic heterocycles. The van der Waals surface area contributed by atoms with E-state index in [1.165, 1.54) is 19.2 Å². The van der Waals surface area contributed by atoms with Gasteiger partial charge in [-0.05, 0) is 0 Å². The maximum atomic E-state index is 11.4. The second kappa shape index (κ2) is 5.49. The fourth-order valence-corrected chi connectivity index (χ4v) is 1.54. The number of ether oxygens (including phenoxy) is 2. The molecule has 0 saturated carbocycles. The van der Waals surface area contributed by atoms with Crippen molar-refractivity contribution < 1.29 is 19.2 Å². The SMILES string of the molecule is COC(=O)c1cc(OC)c(CCl)cc1[N+](=O)[O-]. The predicted molar refractivity (Wildman–Crippen MR) is 60.5 cm³/mol. The number of alkyl halides is 1. The Morgan fingerprint density at radius 2 is 2.12 bits per heavy atom. The molecule has 0 bridgehead atoms. The maximum absolute atomic E-state index is 11.4. The number of hydrogen-bond acceptors (Lipinski definition) is 5. The van der Waals surface area contributed by atoms with Crippen molar-refractivity contribution in [2.24, 2.45) is 0 Å². The Hall–Kier alpha value is -1.82. The zero-order valence-corrected chi connectivity index (χ0v) is 9.98. The van der Waals surface area contributed by atoms with E-state index in [1.807, 2.05) is 0 Å². The second-order valence-corrected chi connectivity index (χ2v) is 3.33. The molecule has 0 fully saturated rings. The first-order valence-corrected chi connectivity index (χ1v) is 5.08. The number of halogens is 1. The number of benzene rings is 1. The van der Waals surface area contributed by atoms with E-state index in [4.69, 9.17) is 16.3 Å². The van der Waals surface area contributed by atoms with Crippen molar-refractivity contribution in [1.29, 1.82) is 0 Å². The molecule has 0 N–H and O–H groups in total. The van der Waals surface area contributed by atoms with E-state index in [0.717, 1.165) is 7.11 Å². The van der Waals surface area contributed by atoms with E-state index in [9.17, 15) is 14.9 Å². The number of nitro benzene ring substituents is 1. The zero-order chi connectivity index (χ0) is 13.0. The predicted octanol–water partition coefficient (Wildman–Crippen LogP) is 2.13. The van der Waals surface area contributed by atoms with E-state index in [0.29, 0.717) is 11.3 Å². The third kappa shape index (κ3) is 2.65. The first kappa shape index (κ1) is 13.2. The molecule has 0 saturated heterocycles. The Labute approximate surface area is 102 Å². The van der Waals surface area contributed by atoms with Gasteiger partial charge in [0.1, 0.15) is 11.3 Å². The van der Waals surface area contributed by atoms with Gasteiger partial charge in [0.05, 0.1) is 25.0 Å². The van der Waals surface area contributed by atoms with E-state index < -0.39 is 10.9 Å². The molecule has 0 unspecified atom stereocenters. The van der Waals surface area contributed by atoms with Crippen LogP contribution in [0.2, 0.25) is 0 Å². The standard InChI is InChI=1S/C10H10ClNO5/c1-16-9-4-7(10(13)17-2)8(12(14)15)3-6(9)5-11/h3-4H,5H2,1-2H3. The van der Waals surface area contributed by atoms with Crippen molar-refractivity contribution in [2.45, 2.75) is 5.88 Å². The molecule has 0 heterocycles. The second-order valence-electron chi connectivity index (χ2n) is 3.06. The number of hydrogen-bond donors (Lipinski definition) is 0. The first-order chi connectivity index (χ1) is 8.04. The molecule has 1 rings (SSSR count). The van der Waals surface area contributed by atoms with E-state index >= 15 is 0 Å². The number of nitro groups is 1. The summed E-state index contributed by atoms with van der Waals surface area (Å²) in [5.74, 6) is -0.437. The number of carbonyl (C=O) groups is 1. The summed E-state index contributed by atoms with van der Waals surface area (Å²) in [7, 11) is 2.53. The quantitative estimate of drug-likeness (QED) is 0.358. The molecule has 1 aromatic carbocycles. The van der Waals surface area contributed by atoms with Gasteiger partial charge in [-0.1, -0.05) is 0 Å². The normalized spacial score (nSPS) is 9.82. The molecule has 0 radical (unpaired) electrons. The van der Waals surface area contributed by atoms with Crippen LogP contribution in [0.4, 0.5) is 5.69 Å². The molecule has 0 amide bonds. The summed E-state index contributed by atoms with van der Waals surface area (Å²) in [6.07, 6.45) is 0. The smallest absolute Gasteiger partial charge is 0.345 e. The van der Waals surface area contributed by atoms with Gasteiger partial charge in [-0.25, -0.2) is 4.79 Å². The number of methoxy groups -OCH3 is 2. The van der Waals surface area contributed by atoms with Crippen LogP contribution in [0.25, 0.3) is 0 Å². The van der Waals surface area contributed by atoms with Gasteiger partial charge in [0.2, 0.25) is 0 Å². The van der Waals surface area contributed by atoms with Crippen LogP contribution < -0.4 is 4.74 Å². The molecular formula is C10H10ClNO5. The van der Waals surface area contributed by atoms with Crippen LogP contribution in [0.15, 0.2) is 12.1 Å².